The Morgan fingerprint density at radius 3 is 2.73 bits per heavy atom. The molecule has 5 rings (SSSR count). The number of halogens is 1. The molecule has 0 amide bonds. The summed E-state index contributed by atoms with van der Waals surface area (Å²) >= 11 is 6.04. The van der Waals surface area contributed by atoms with E-state index in [2.05, 4.69) is 22.0 Å². The third kappa shape index (κ3) is 6.65. The number of ether oxygens (including phenoxy) is 3. The van der Waals surface area contributed by atoms with Crippen LogP contribution in [-0.4, -0.2) is 58.9 Å². The molecule has 1 atom stereocenters. The third-order valence-electron chi connectivity index (χ3n) is 7.79. The largest absolute Gasteiger partial charge is 0.464 e. The number of piperidine rings is 1. The van der Waals surface area contributed by atoms with Crippen LogP contribution in [0.4, 0.5) is 0 Å². The standard InChI is InChI=1S/C33H37ClN2O5/c1-4-39-31(37)32(2,3)41-29-11-5-10-28-27(29)22-23(26-9-6-18-35-30(26)40-28)8-7-19-36-20-16-33(38,17-21-36)24-12-14-25(34)15-13-24/h5-6,8-15,18,22,29,38H,4,7,16-17,19-21H2,1-3H3. The first kappa shape index (κ1) is 29.3. The van der Waals surface area contributed by atoms with E-state index in [4.69, 9.17) is 25.8 Å². The van der Waals surface area contributed by atoms with Gasteiger partial charge in [-0.1, -0.05) is 42.0 Å². The number of nitrogens with zero attached hydrogens (tertiary/aromatic N) is 2. The molecule has 1 aromatic heterocycles. The number of allylic oxidation sites excluding steroid dienone is 4. The van der Waals surface area contributed by atoms with Crippen LogP contribution in [0.5, 0.6) is 5.88 Å². The number of carbonyl (C=O) groups excluding carboxylic acids is 1. The molecule has 1 N–H and O–H groups in total. The second-order valence-electron chi connectivity index (χ2n) is 11.1. The fraction of sp³-hybridized carbons (Fsp3) is 0.394. The van der Waals surface area contributed by atoms with Crippen molar-refractivity contribution in [1.29, 1.82) is 0 Å². The molecule has 1 aliphatic carbocycles. The van der Waals surface area contributed by atoms with Gasteiger partial charge in [0, 0.05) is 42.0 Å². The predicted molar refractivity (Wildman–Crippen MR) is 159 cm³/mol. The Morgan fingerprint density at radius 1 is 1.24 bits per heavy atom. The second kappa shape index (κ2) is 12.3. The van der Waals surface area contributed by atoms with Gasteiger partial charge in [-0.2, -0.15) is 0 Å². The molecule has 0 spiro atoms. The van der Waals surface area contributed by atoms with Gasteiger partial charge in [-0.3, -0.25) is 0 Å². The fourth-order valence-corrected chi connectivity index (χ4v) is 5.54. The van der Waals surface area contributed by atoms with Gasteiger partial charge in [0.05, 0.1) is 12.2 Å². The molecule has 41 heavy (non-hydrogen) atoms. The van der Waals surface area contributed by atoms with E-state index in [-0.39, 0.29) is 6.61 Å². The average molecular weight is 577 g/mol. The molecule has 3 heterocycles. The van der Waals surface area contributed by atoms with E-state index >= 15 is 0 Å². The van der Waals surface area contributed by atoms with Gasteiger partial charge >= 0.3 is 5.97 Å². The van der Waals surface area contributed by atoms with E-state index in [1.165, 1.54) is 0 Å². The van der Waals surface area contributed by atoms with E-state index in [9.17, 15) is 9.90 Å². The Morgan fingerprint density at radius 2 is 2.00 bits per heavy atom. The highest BCUT2D eigenvalue weighted by molar-refractivity contribution is 6.30. The summed E-state index contributed by atoms with van der Waals surface area (Å²) in [6.07, 6.45) is 13.3. The molecule has 1 saturated heterocycles. The number of fused-ring (bicyclic) bond motifs is 2. The summed E-state index contributed by atoms with van der Waals surface area (Å²) in [6, 6.07) is 11.4. The number of likely N-dealkylation sites (tertiary alicyclic amines) is 1. The Labute approximate surface area is 246 Å². The minimum atomic E-state index is -1.14. The summed E-state index contributed by atoms with van der Waals surface area (Å²) in [4.78, 5) is 19.4. The smallest absolute Gasteiger partial charge is 0.337 e. The Kier molecular flexibility index (Phi) is 8.80. The van der Waals surface area contributed by atoms with E-state index in [0.717, 1.165) is 48.3 Å². The van der Waals surface area contributed by atoms with Crippen molar-refractivity contribution in [2.75, 3.05) is 26.2 Å². The lowest BCUT2D eigenvalue weighted by molar-refractivity contribution is -0.169. The lowest BCUT2D eigenvalue weighted by atomic mass is 9.84. The van der Waals surface area contributed by atoms with E-state index in [1.807, 2.05) is 54.6 Å². The van der Waals surface area contributed by atoms with Crippen LogP contribution >= 0.6 is 11.6 Å². The van der Waals surface area contributed by atoms with Crippen molar-refractivity contribution in [1.82, 2.24) is 9.88 Å². The number of carbonyl (C=O) groups is 1. The van der Waals surface area contributed by atoms with Crippen molar-refractivity contribution in [3.63, 3.8) is 0 Å². The van der Waals surface area contributed by atoms with Crippen LogP contribution in [0.25, 0.3) is 5.57 Å². The van der Waals surface area contributed by atoms with Gasteiger partial charge in [-0.15, -0.1) is 0 Å². The zero-order valence-electron chi connectivity index (χ0n) is 23.8. The maximum atomic E-state index is 12.6. The lowest BCUT2D eigenvalue weighted by Gasteiger charge is -2.38. The minimum Gasteiger partial charge on any atom is -0.464 e. The quantitative estimate of drug-likeness (QED) is 0.386. The number of pyridine rings is 1. The molecule has 2 aliphatic heterocycles. The summed E-state index contributed by atoms with van der Waals surface area (Å²) in [5, 5.41) is 11.9. The van der Waals surface area contributed by atoms with Crippen molar-refractivity contribution in [2.24, 2.45) is 0 Å². The maximum Gasteiger partial charge on any atom is 0.337 e. The van der Waals surface area contributed by atoms with Gasteiger partial charge in [0.15, 0.2) is 5.60 Å². The van der Waals surface area contributed by atoms with Gasteiger partial charge in [0.1, 0.15) is 11.9 Å². The number of aliphatic hydroxyl groups is 1. The van der Waals surface area contributed by atoms with E-state index in [1.54, 1.807) is 27.0 Å². The molecule has 1 aromatic carbocycles. The second-order valence-corrected chi connectivity index (χ2v) is 11.5. The van der Waals surface area contributed by atoms with Crippen LogP contribution in [0, 0.1) is 0 Å². The third-order valence-corrected chi connectivity index (χ3v) is 8.04. The Hall–Kier alpha value is -3.23. The summed E-state index contributed by atoms with van der Waals surface area (Å²) < 4.78 is 17.8. The van der Waals surface area contributed by atoms with E-state index < -0.39 is 23.3 Å². The monoisotopic (exact) mass is 576 g/mol. The first-order valence-corrected chi connectivity index (χ1v) is 14.6. The van der Waals surface area contributed by atoms with Crippen LogP contribution in [-0.2, 0) is 19.9 Å². The number of esters is 1. The highest BCUT2D eigenvalue weighted by Crippen LogP contribution is 2.38. The topological polar surface area (TPSA) is 81.1 Å². The van der Waals surface area contributed by atoms with Crippen LogP contribution in [0.3, 0.4) is 0 Å². The van der Waals surface area contributed by atoms with Gasteiger partial charge < -0.3 is 24.2 Å². The number of rotatable bonds is 8. The number of benzene rings is 1. The number of hydrogen-bond acceptors (Lipinski definition) is 7. The fourth-order valence-electron chi connectivity index (χ4n) is 5.41. The minimum absolute atomic E-state index is 0.286. The van der Waals surface area contributed by atoms with Gasteiger partial charge in [-0.05, 0) is 87.6 Å². The molecule has 1 unspecified atom stereocenters. The molecule has 2 aromatic rings. The van der Waals surface area contributed by atoms with Crippen molar-refractivity contribution < 1.29 is 24.1 Å². The van der Waals surface area contributed by atoms with Crippen molar-refractivity contribution in [2.45, 2.75) is 57.3 Å². The first-order chi connectivity index (χ1) is 19.7. The highest BCUT2D eigenvalue weighted by Gasteiger charge is 2.37. The first-order valence-electron chi connectivity index (χ1n) is 14.2. The Bertz CT molecular complexity index is 1380. The molecular formula is C33H37ClN2O5. The summed E-state index contributed by atoms with van der Waals surface area (Å²) in [5.74, 6) is 0.754. The Balaban J connectivity index is 1.32. The van der Waals surface area contributed by atoms with E-state index in [0.29, 0.717) is 29.5 Å². The highest BCUT2D eigenvalue weighted by atomic mass is 35.5. The molecular weight excluding hydrogens is 540 g/mol. The molecule has 1 fully saturated rings. The van der Waals surface area contributed by atoms with Gasteiger partial charge in [0.25, 0.3) is 0 Å². The average Bonchev–Trinajstić information content (AvgIpc) is 3.12. The van der Waals surface area contributed by atoms with Crippen LogP contribution in [0.1, 0.15) is 51.2 Å². The van der Waals surface area contributed by atoms with Crippen molar-refractivity contribution in [3.05, 3.63) is 100 Å². The van der Waals surface area contributed by atoms with Crippen LogP contribution in [0.15, 0.2) is 84.3 Å². The van der Waals surface area contributed by atoms with Crippen LogP contribution in [0.2, 0.25) is 5.02 Å². The van der Waals surface area contributed by atoms with Gasteiger partial charge in [-0.25, -0.2) is 9.78 Å². The molecule has 8 heteroatoms. The molecule has 0 saturated carbocycles. The van der Waals surface area contributed by atoms with Crippen LogP contribution < -0.4 is 4.74 Å². The van der Waals surface area contributed by atoms with Crippen molar-refractivity contribution >= 4 is 23.1 Å². The zero-order chi connectivity index (χ0) is 29.0. The summed E-state index contributed by atoms with van der Waals surface area (Å²) in [7, 11) is 0. The molecule has 0 bridgehead atoms. The summed E-state index contributed by atoms with van der Waals surface area (Å²) in [6.45, 7) is 7.97. The maximum absolute atomic E-state index is 12.6. The van der Waals surface area contributed by atoms with Crippen molar-refractivity contribution in [3.8, 4) is 5.88 Å². The molecule has 3 aliphatic rings. The normalized spacial score (nSPS) is 21.2. The number of hydrogen-bond donors (Lipinski definition) is 1. The molecule has 7 nitrogen and oxygen atoms in total. The predicted octanol–water partition coefficient (Wildman–Crippen LogP) is 5.99. The summed E-state index contributed by atoms with van der Waals surface area (Å²) in [5.41, 5.74) is 1.66. The number of aromatic nitrogens is 1. The van der Waals surface area contributed by atoms with Gasteiger partial charge in [0.2, 0.25) is 5.88 Å². The zero-order valence-corrected chi connectivity index (χ0v) is 24.6. The molecule has 216 valence electrons. The lowest BCUT2D eigenvalue weighted by Crippen LogP contribution is -2.42. The SMILES string of the molecule is CCOC(=O)C(C)(C)OC1C=CC=C2Oc3ncccc3C(=CCCN3CCC(O)(c4ccc(Cl)cc4)CC3)C=C21. The molecule has 0 radical (unpaired) electrons.